The quantitative estimate of drug-likeness (QED) is 0.801. The first-order valence-electron chi connectivity index (χ1n) is 5.63. The molecule has 1 aromatic carbocycles. The average molecular weight is 280 g/mol. The largest absolute Gasteiger partial charge is 0.256 e. The van der Waals surface area contributed by atoms with Crippen molar-refractivity contribution in [3.05, 3.63) is 59.4 Å². The van der Waals surface area contributed by atoms with Gasteiger partial charge in [-0.25, -0.2) is 0 Å². The summed E-state index contributed by atoms with van der Waals surface area (Å²) >= 11 is 6.24. The lowest BCUT2D eigenvalue weighted by atomic mass is 10.2. The summed E-state index contributed by atoms with van der Waals surface area (Å²) in [7, 11) is -1.29. The van der Waals surface area contributed by atoms with E-state index in [1.165, 1.54) is 0 Å². The van der Waals surface area contributed by atoms with Gasteiger partial charge < -0.3 is 0 Å². The topological polar surface area (TPSA) is 30.0 Å². The highest BCUT2D eigenvalue weighted by Crippen LogP contribution is 2.27. The van der Waals surface area contributed by atoms with Gasteiger partial charge in [-0.05, 0) is 38.1 Å². The molecule has 0 aliphatic carbocycles. The first-order valence-corrected chi connectivity index (χ1v) is 7.28. The Hall–Kier alpha value is -1.19. The van der Waals surface area contributed by atoms with Gasteiger partial charge >= 0.3 is 0 Å². The molecule has 94 valence electrons. The lowest BCUT2D eigenvalue weighted by molar-refractivity contribution is 0.681. The van der Waals surface area contributed by atoms with Gasteiger partial charge in [0.05, 0.1) is 16.5 Å². The van der Waals surface area contributed by atoms with E-state index in [0.717, 1.165) is 16.2 Å². The summed E-state index contributed by atoms with van der Waals surface area (Å²) in [5.74, 6) is 0. The zero-order valence-electron chi connectivity index (χ0n) is 10.3. The zero-order valence-corrected chi connectivity index (χ0v) is 11.8. The fourth-order valence-corrected chi connectivity index (χ4v) is 3.02. The third kappa shape index (κ3) is 2.98. The molecule has 2 unspecified atom stereocenters. The molecule has 2 nitrogen and oxygen atoms in total. The Balaban J connectivity index is 2.26. The molecule has 2 rings (SSSR count). The lowest BCUT2D eigenvalue weighted by Crippen LogP contribution is -2.03. The van der Waals surface area contributed by atoms with Crippen molar-refractivity contribution in [2.24, 2.45) is 0 Å². The van der Waals surface area contributed by atoms with Crippen LogP contribution in [0.25, 0.3) is 0 Å². The lowest BCUT2D eigenvalue weighted by Gasteiger charge is -2.10. The molecule has 4 heteroatoms. The molecule has 0 N–H and O–H groups in total. The molecule has 0 radical (unpaired) electrons. The number of hydrogen-bond donors (Lipinski definition) is 0. The monoisotopic (exact) mass is 279 g/mol. The van der Waals surface area contributed by atoms with E-state index in [-0.39, 0.29) is 0 Å². The van der Waals surface area contributed by atoms with Crippen LogP contribution in [0, 0.1) is 13.8 Å². The molecule has 1 aromatic heterocycles. The highest BCUT2D eigenvalue weighted by atomic mass is 35.5. The summed E-state index contributed by atoms with van der Waals surface area (Å²) < 4.78 is 11.7. The number of aryl methyl sites for hydroxylation is 2. The van der Waals surface area contributed by atoms with Gasteiger partial charge in [0.1, 0.15) is 0 Å². The first-order chi connectivity index (χ1) is 8.58. The second kappa shape index (κ2) is 5.63. The average Bonchev–Trinajstić information content (AvgIpc) is 2.38. The van der Waals surface area contributed by atoms with Gasteiger partial charge in [-0.15, -0.1) is 11.6 Å². The normalized spacial score (nSPS) is 14.2. The predicted molar refractivity (Wildman–Crippen MR) is 75.2 cm³/mol. The Morgan fingerprint density at radius 3 is 2.39 bits per heavy atom. The number of pyridine rings is 1. The number of nitrogens with zero attached hydrogens (tertiary/aromatic N) is 1. The van der Waals surface area contributed by atoms with Crippen molar-refractivity contribution in [2.45, 2.75) is 23.5 Å². The fourth-order valence-electron chi connectivity index (χ4n) is 1.59. The summed E-state index contributed by atoms with van der Waals surface area (Å²) in [6.07, 6.45) is 0. The van der Waals surface area contributed by atoms with E-state index in [9.17, 15) is 4.21 Å². The van der Waals surface area contributed by atoms with Crippen LogP contribution in [0.15, 0.2) is 47.4 Å². The number of halogens is 1. The van der Waals surface area contributed by atoms with Crippen molar-refractivity contribution in [1.29, 1.82) is 0 Å². The van der Waals surface area contributed by atoms with Gasteiger partial charge in [0.15, 0.2) is 4.71 Å². The Morgan fingerprint density at radius 2 is 1.78 bits per heavy atom. The zero-order chi connectivity index (χ0) is 13.1. The third-order valence-electron chi connectivity index (χ3n) is 2.58. The van der Waals surface area contributed by atoms with E-state index in [2.05, 4.69) is 4.98 Å². The molecule has 2 atom stereocenters. The van der Waals surface area contributed by atoms with Gasteiger partial charge in [0.25, 0.3) is 0 Å². The minimum Gasteiger partial charge on any atom is -0.256 e. The van der Waals surface area contributed by atoms with Crippen LogP contribution in [0.1, 0.15) is 21.7 Å². The summed E-state index contributed by atoms with van der Waals surface area (Å²) in [6, 6.07) is 13.1. The Bertz CT molecular complexity index is 568. The van der Waals surface area contributed by atoms with Crippen LogP contribution in [-0.2, 0) is 10.8 Å². The van der Waals surface area contributed by atoms with E-state index in [1.54, 1.807) is 6.07 Å². The molecule has 0 saturated heterocycles. The summed E-state index contributed by atoms with van der Waals surface area (Å²) in [4.78, 5) is 5.04. The highest BCUT2D eigenvalue weighted by Gasteiger charge is 2.19. The number of aromatic nitrogens is 1. The van der Waals surface area contributed by atoms with Crippen LogP contribution in [0.3, 0.4) is 0 Å². The molecule has 1 heterocycles. The van der Waals surface area contributed by atoms with Crippen molar-refractivity contribution < 1.29 is 4.21 Å². The van der Waals surface area contributed by atoms with Gasteiger partial charge in [-0.2, -0.15) is 0 Å². The SMILES string of the molecule is Cc1ccc(S(=O)C(Cl)c2cccc(C)n2)cc1. The summed E-state index contributed by atoms with van der Waals surface area (Å²) in [6.45, 7) is 3.88. The van der Waals surface area contributed by atoms with Crippen molar-refractivity contribution in [3.8, 4) is 0 Å². The third-order valence-corrected chi connectivity index (χ3v) is 4.65. The molecule has 18 heavy (non-hydrogen) atoms. The van der Waals surface area contributed by atoms with Gasteiger partial charge in [-0.1, -0.05) is 23.8 Å². The van der Waals surface area contributed by atoms with Gasteiger partial charge in [-0.3, -0.25) is 9.19 Å². The molecule has 0 amide bonds. The van der Waals surface area contributed by atoms with Gasteiger partial charge in [0.2, 0.25) is 0 Å². The van der Waals surface area contributed by atoms with Crippen LogP contribution in [-0.4, -0.2) is 9.19 Å². The second-order valence-corrected chi connectivity index (χ2v) is 6.36. The summed E-state index contributed by atoms with van der Waals surface area (Å²) in [5, 5.41) is 0. The molecular formula is C14H14ClNOS. The fraction of sp³-hybridized carbons (Fsp3) is 0.214. The molecule has 0 aliphatic heterocycles. The smallest absolute Gasteiger partial charge is 0.155 e. The van der Waals surface area contributed by atoms with Crippen molar-refractivity contribution in [2.75, 3.05) is 0 Å². The minimum atomic E-state index is -1.29. The maximum absolute atomic E-state index is 12.3. The summed E-state index contributed by atoms with van der Waals surface area (Å²) in [5.41, 5.74) is 2.66. The first kappa shape index (κ1) is 13.2. The number of rotatable bonds is 3. The molecule has 0 saturated carbocycles. The standard InChI is InChI=1S/C14H14ClNOS/c1-10-6-8-12(9-7-10)18(17)14(15)13-5-3-4-11(2)16-13/h3-9,14H,1-2H3. The van der Waals surface area contributed by atoms with Crippen molar-refractivity contribution in [3.63, 3.8) is 0 Å². The second-order valence-electron chi connectivity index (χ2n) is 4.13. The Labute approximate surface area is 114 Å². The van der Waals surface area contributed by atoms with Crippen LogP contribution < -0.4 is 0 Å². The van der Waals surface area contributed by atoms with E-state index >= 15 is 0 Å². The maximum Gasteiger partial charge on any atom is 0.155 e. The molecule has 0 aliphatic rings. The van der Waals surface area contributed by atoms with E-state index in [4.69, 9.17) is 11.6 Å². The predicted octanol–water partition coefficient (Wildman–Crippen LogP) is 3.74. The molecule has 0 bridgehead atoms. The molecule has 2 aromatic rings. The minimum absolute atomic E-state index is 0.618. The maximum atomic E-state index is 12.3. The Morgan fingerprint density at radius 1 is 1.11 bits per heavy atom. The van der Waals surface area contributed by atoms with E-state index in [0.29, 0.717) is 5.69 Å². The van der Waals surface area contributed by atoms with Crippen LogP contribution in [0.2, 0.25) is 0 Å². The number of benzene rings is 1. The molecule has 0 spiro atoms. The molecule has 0 fully saturated rings. The number of alkyl halides is 1. The van der Waals surface area contributed by atoms with Crippen LogP contribution >= 0.6 is 11.6 Å². The highest BCUT2D eigenvalue weighted by molar-refractivity contribution is 7.86. The van der Waals surface area contributed by atoms with Crippen molar-refractivity contribution in [1.82, 2.24) is 4.98 Å². The van der Waals surface area contributed by atoms with Gasteiger partial charge in [0, 0.05) is 10.6 Å². The van der Waals surface area contributed by atoms with E-state index < -0.39 is 15.5 Å². The van der Waals surface area contributed by atoms with E-state index in [1.807, 2.05) is 50.2 Å². The van der Waals surface area contributed by atoms with Crippen LogP contribution in [0.4, 0.5) is 0 Å². The number of hydrogen-bond acceptors (Lipinski definition) is 2. The van der Waals surface area contributed by atoms with Crippen LogP contribution in [0.5, 0.6) is 0 Å². The Kier molecular flexibility index (Phi) is 4.15. The molecular weight excluding hydrogens is 266 g/mol. The van der Waals surface area contributed by atoms with Crippen molar-refractivity contribution >= 4 is 22.4 Å².